The van der Waals surface area contributed by atoms with Gasteiger partial charge in [-0.1, -0.05) is 39.0 Å². The van der Waals surface area contributed by atoms with Crippen molar-refractivity contribution >= 4 is 23.8 Å². The van der Waals surface area contributed by atoms with Crippen LogP contribution in [0.25, 0.3) is 0 Å². The molecule has 0 aliphatic rings. The summed E-state index contributed by atoms with van der Waals surface area (Å²) in [6.45, 7) is 2.79. The van der Waals surface area contributed by atoms with E-state index in [9.17, 15) is 9.59 Å². The highest BCUT2D eigenvalue weighted by atomic mass is 32.2. The first-order valence-corrected chi connectivity index (χ1v) is 8.77. The summed E-state index contributed by atoms with van der Waals surface area (Å²) in [4.78, 5) is 22.5. The molecule has 0 spiro atoms. The van der Waals surface area contributed by atoms with Gasteiger partial charge in [-0.25, -0.2) is 9.59 Å². The van der Waals surface area contributed by atoms with E-state index in [0.717, 1.165) is 12.8 Å². The van der Waals surface area contributed by atoms with Crippen molar-refractivity contribution in [2.75, 3.05) is 18.6 Å². The van der Waals surface area contributed by atoms with Crippen molar-refractivity contribution in [2.24, 2.45) is 0 Å². The van der Waals surface area contributed by atoms with E-state index >= 15 is 0 Å². The van der Waals surface area contributed by atoms with Crippen LogP contribution in [-0.4, -0.2) is 41.7 Å². The maximum atomic E-state index is 11.6. The molecule has 0 fully saturated rings. The lowest BCUT2D eigenvalue weighted by atomic mass is 10.1. The van der Waals surface area contributed by atoms with Gasteiger partial charge in [0, 0.05) is 6.54 Å². The quantitative estimate of drug-likeness (QED) is 0.484. The van der Waals surface area contributed by atoms with Crippen LogP contribution in [0, 0.1) is 0 Å². The lowest BCUT2D eigenvalue weighted by Gasteiger charge is -2.14. The fourth-order valence-corrected chi connectivity index (χ4v) is 2.28. The Balaban J connectivity index is 3.66. The number of carboxylic acid groups (broad SMARTS) is 1. The minimum Gasteiger partial charge on any atom is -0.480 e. The van der Waals surface area contributed by atoms with Crippen LogP contribution >= 0.6 is 11.8 Å². The van der Waals surface area contributed by atoms with Gasteiger partial charge in [-0.2, -0.15) is 11.8 Å². The Morgan fingerprint density at radius 3 is 2.40 bits per heavy atom. The molecule has 6 heteroatoms. The number of unbranched alkanes of at least 4 members (excludes halogenated alkanes) is 5. The monoisotopic (exact) mass is 304 g/mol. The third kappa shape index (κ3) is 11.0. The zero-order valence-electron chi connectivity index (χ0n) is 12.6. The summed E-state index contributed by atoms with van der Waals surface area (Å²) >= 11 is 1.57. The van der Waals surface area contributed by atoms with Crippen molar-refractivity contribution in [3.63, 3.8) is 0 Å². The Labute approximate surface area is 126 Å². The van der Waals surface area contributed by atoms with E-state index in [-0.39, 0.29) is 6.03 Å². The number of nitrogens with one attached hydrogen (secondary N) is 2. The fourth-order valence-electron chi connectivity index (χ4n) is 1.81. The van der Waals surface area contributed by atoms with Crippen LogP contribution in [-0.2, 0) is 4.79 Å². The Hall–Kier alpha value is -0.910. The molecule has 118 valence electrons. The third-order valence-corrected chi connectivity index (χ3v) is 3.67. The topological polar surface area (TPSA) is 78.4 Å². The zero-order valence-corrected chi connectivity index (χ0v) is 13.4. The van der Waals surface area contributed by atoms with Crippen LogP contribution in [0.2, 0.25) is 0 Å². The predicted octanol–water partition coefficient (Wildman–Crippen LogP) is 2.85. The van der Waals surface area contributed by atoms with Gasteiger partial charge in [0.05, 0.1) is 0 Å². The van der Waals surface area contributed by atoms with Gasteiger partial charge < -0.3 is 15.7 Å². The molecule has 0 bridgehead atoms. The summed E-state index contributed by atoms with van der Waals surface area (Å²) in [5.74, 6) is -0.261. The molecule has 0 aliphatic heterocycles. The minimum atomic E-state index is -0.978. The summed E-state index contributed by atoms with van der Waals surface area (Å²) in [6.07, 6.45) is 9.35. The molecule has 0 saturated carbocycles. The molecule has 0 aromatic rings. The Morgan fingerprint density at radius 1 is 1.15 bits per heavy atom. The van der Waals surface area contributed by atoms with Gasteiger partial charge in [0.1, 0.15) is 6.04 Å². The van der Waals surface area contributed by atoms with E-state index in [0.29, 0.717) is 18.7 Å². The van der Waals surface area contributed by atoms with Gasteiger partial charge in [0.25, 0.3) is 0 Å². The molecule has 0 rings (SSSR count). The number of rotatable bonds is 12. The lowest BCUT2D eigenvalue weighted by molar-refractivity contribution is -0.139. The predicted molar refractivity (Wildman–Crippen MR) is 84.3 cm³/mol. The number of carbonyl (C=O) groups excluding carboxylic acids is 1. The first-order valence-electron chi connectivity index (χ1n) is 7.38. The lowest BCUT2D eigenvalue weighted by Crippen LogP contribution is -2.46. The van der Waals surface area contributed by atoms with Crippen molar-refractivity contribution in [2.45, 2.75) is 57.9 Å². The molecule has 0 unspecified atom stereocenters. The fraction of sp³-hybridized carbons (Fsp3) is 0.857. The Bertz CT molecular complexity index is 275. The van der Waals surface area contributed by atoms with E-state index in [4.69, 9.17) is 5.11 Å². The second kappa shape index (κ2) is 13.1. The smallest absolute Gasteiger partial charge is 0.326 e. The number of urea groups is 1. The van der Waals surface area contributed by atoms with E-state index in [1.807, 2.05) is 6.26 Å². The Morgan fingerprint density at radius 2 is 1.80 bits per heavy atom. The Kier molecular flexibility index (Phi) is 12.5. The van der Waals surface area contributed by atoms with Crippen LogP contribution < -0.4 is 10.6 Å². The van der Waals surface area contributed by atoms with Crippen LogP contribution in [0.15, 0.2) is 0 Å². The number of hydrogen-bond acceptors (Lipinski definition) is 3. The molecule has 0 saturated heterocycles. The molecular weight excluding hydrogens is 276 g/mol. The maximum Gasteiger partial charge on any atom is 0.326 e. The molecule has 2 amide bonds. The molecule has 0 aliphatic carbocycles. The highest BCUT2D eigenvalue weighted by Crippen LogP contribution is 2.04. The first kappa shape index (κ1) is 19.1. The van der Waals surface area contributed by atoms with E-state index in [1.54, 1.807) is 11.8 Å². The van der Waals surface area contributed by atoms with Crippen molar-refractivity contribution in [3.8, 4) is 0 Å². The third-order valence-electron chi connectivity index (χ3n) is 3.03. The number of carboxylic acids is 1. The molecule has 0 aromatic carbocycles. The van der Waals surface area contributed by atoms with Crippen molar-refractivity contribution in [1.29, 1.82) is 0 Å². The van der Waals surface area contributed by atoms with Crippen LogP contribution in [0.3, 0.4) is 0 Å². The molecule has 5 nitrogen and oxygen atoms in total. The standard InChI is InChI=1S/C14H28N2O3S/c1-3-4-5-6-7-8-10-15-14(19)16-12(13(17)18)9-11-20-2/h12H,3-11H2,1-2H3,(H,17,18)(H2,15,16,19)/t12-/m1/s1. The van der Waals surface area contributed by atoms with Crippen molar-refractivity contribution in [1.82, 2.24) is 10.6 Å². The van der Waals surface area contributed by atoms with E-state index in [1.165, 1.54) is 25.7 Å². The second-order valence-electron chi connectivity index (χ2n) is 4.84. The number of hydrogen-bond donors (Lipinski definition) is 3. The number of carbonyl (C=O) groups is 2. The van der Waals surface area contributed by atoms with Crippen LogP contribution in [0.1, 0.15) is 51.9 Å². The van der Waals surface area contributed by atoms with Gasteiger partial charge in [-0.15, -0.1) is 0 Å². The highest BCUT2D eigenvalue weighted by molar-refractivity contribution is 7.98. The molecule has 0 radical (unpaired) electrons. The van der Waals surface area contributed by atoms with Gasteiger partial charge in [0.15, 0.2) is 0 Å². The zero-order chi connectivity index (χ0) is 15.2. The SMILES string of the molecule is CCCCCCCCNC(=O)N[C@H](CCSC)C(=O)O. The number of amides is 2. The largest absolute Gasteiger partial charge is 0.480 e. The van der Waals surface area contributed by atoms with Gasteiger partial charge >= 0.3 is 12.0 Å². The minimum absolute atomic E-state index is 0.382. The molecule has 1 atom stereocenters. The maximum absolute atomic E-state index is 11.6. The average Bonchev–Trinajstić information content (AvgIpc) is 2.42. The molecule has 0 aromatic heterocycles. The van der Waals surface area contributed by atoms with E-state index < -0.39 is 12.0 Å². The molecule has 0 heterocycles. The van der Waals surface area contributed by atoms with Gasteiger partial charge in [-0.3, -0.25) is 0 Å². The molecule has 3 N–H and O–H groups in total. The van der Waals surface area contributed by atoms with Gasteiger partial charge in [-0.05, 0) is 24.9 Å². The van der Waals surface area contributed by atoms with E-state index in [2.05, 4.69) is 17.6 Å². The average molecular weight is 304 g/mol. The summed E-state index contributed by atoms with van der Waals surface area (Å²) < 4.78 is 0. The normalized spacial score (nSPS) is 11.9. The summed E-state index contributed by atoms with van der Waals surface area (Å²) in [7, 11) is 0. The summed E-state index contributed by atoms with van der Waals surface area (Å²) in [5.41, 5.74) is 0. The molecular formula is C14H28N2O3S. The van der Waals surface area contributed by atoms with Crippen molar-refractivity contribution < 1.29 is 14.7 Å². The first-order chi connectivity index (χ1) is 9.61. The van der Waals surface area contributed by atoms with Crippen LogP contribution in [0.4, 0.5) is 4.79 Å². The van der Waals surface area contributed by atoms with Crippen LogP contribution in [0.5, 0.6) is 0 Å². The van der Waals surface area contributed by atoms with Crippen molar-refractivity contribution in [3.05, 3.63) is 0 Å². The highest BCUT2D eigenvalue weighted by Gasteiger charge is 2.18. The summed E-state index contributed by atoms with van der Waals surface area (Å²) in [5, 5.41) is 14.2. The molecule has 20 heavy (non-hydrogen) atoms. The number of thioether (sulfide) groups is 1. The number of aliphatic carboxylic acids is 1. The summed E-state index contributed by atoms with van der Waals surface area (Å²) in [6, 6.07) is -1.18. The second-order valence-corrected chi connectivity index (χ2v) is 5.83. The van der Waals surface area contributed by atoms with Gasteiger partial charge in [0.2, 0.25) is 0 Å².